The van der Waals surface area contributed by atoms with Gasteiger partial charge in [0.05, 0.1) is 17.2 Å². The van der Waals surface area contributed by atoms with E-state index in [1.165, 1.54) is 5.56 Å². The summed E-state index contributed by atoms with van der Waals surface area (Å²) in [6, 6.07) is 0. The summed E-state index contributed by atoms with van der Waals surface area (Å²) in [6.45, 7) is 8.69. The van der Waals surface area contributed by atoms with Crippen LogP contribution < -0.4 is 0 Å². The van der Waals surface area contributed by atoms with Crippen LogP contribution in [0.4, 0.5) is 0 Å². The Balaban J connectivity index is 0.000000582. The molecule has 4 heterocycles. The summed E-state index contributed by atoms with van der Waals surface area (Å²) in [7, 11) is 0. The number of aliphatic hydroxyl groups excluding tert-OH is 1. The Morgan fingerprint density at radius 1 is 1.06 bits per heavy atom. The molecule has 0 bridgehead atoms. The van der Waals surface area contributed by atoms with Crippen molar-refractivity contribution in [3.63, 3.8) is 0 Å². The maximum atomic E-state index is 12.7. The number of hydrogen-bond donors (Lipinski definition) is 3. The molecule has 3 aliphatic heterocycles. The summed E-state index contributed by atoms with van der Waals surface area (Å²) < 4.78 is 11.0. The quantitative estimate of drug-likeness (QED) is 0.428. The number of carbonyl (C=O) groups excluding carboxylic acids is 1. The molecule has 1 unspecified atom stereocenters. The number of piperidine rings is 2. The van der Waals surface area contributed by atoms with Crippen molar-refractivity contribution in [2.45, 2.75) is 64.7 Å². The largest absolute Gasteiger partial charge is 0.483 e. The average Bonchev–Trinajstić information content (AvgIpc) is 3.25. The van der Waals surface area contributed by atoms with E-state index in [-0.39, 0.29) is 36.5 Å². The number of aromatic nitrogens is 1. The van der Waals surface area contributed by atoms with Crippen LogP contribution in [0.5, 0.6) is 0 Å². The van der Waals surface area contributed by atoms with Gasteiger partial charge in [-0.15, -0.1) is 0 Å². The molecule has 3 fully saturated rings. The van der Waals surface area contributed by atoms with Crippen LogP contribution in [0.25, 0.3) is 0 Å². The summed E-state index contributed by atoms with van der Waals surface area (Å²) in [5.74, 6) is 0.890. The van der Waals surface area contributed by atoms with E-state index in [0.717, 1.165) is 82.8 Å². The number of carbonyl (C=O) groups is 3. The maximum Gasteiger partial charge on any atom is 0.312 e. The number of aryl methyl sites for hydroxylation is 2. The monoisotopic (exact) mass is 469 g/mol. The number of hydrogen-bond acceptors (Lipinski definition) is 9. The van der Waals surface area contributed by atoms with Crippen molar-refractivity contribution < 1.29 is 39.0 Å². The molecule has 0 saturated carbocycles. The highest BCUT2D eigenvalue weighted by atomic mass is 16.6. The lowest BCUT2D eigenvalue weighted by atomic mass is 9.76. The zero-order valence-electron chi connectivity index (χ0n) is 19.3. The van der Waals surface area contributed by atoms with Crippen LogP contribution in [0.15, 0.2) is 4.52 Å². The number of rotatable bonds is 4. The molecule has 3 saturated heterocycles. The van der Waals surface area contributed by atoms with Gasteiger partial charge in [-0.3, -0.25) is 24.2 Å². The molecule has 33 heavy (non-hydrogen) atoms. The fourth-order valence-electron chi connectivity index (χ4n) is 4.83. The molecule has 11 heteroatoms. The average molecular weight is 470 g/mol. The maximum absolute atomic E-state index is 12.7. The van der Waals surface area contributed by atoms with Crippen molar-refractivity contribution in [2.24, 2.45) is 5.41 Å². The predicted octanol–water partition coefficient (Wildman–Crippen LogP) is 1.05. The molecule has 11 nitrogen and oxygen atoms in total. The molecule has 3 aliphatic rings. The van der Waals surface area contributed by atoms with Gasteiger partial charge in [0.1, 0.15) is 11.9 Å². The number of esters is 1. The first-order chi connectivity index (χ1) is 15.8. The Morgan fingerprint density at radius 2 is 1.64 bits per heavy atom. The van der Waals surface area contributed by atoms with E-state index in [0.29, 0.717) is 0 Å². The Bertz CT molecular complexity index is 742. The van der Waals surface area contributed by atoms with E-state index < -0.39 is 0 Å². The molecule has 0 aliphatic carbocycles. The Hall–Kier alpha value is -2.50. The standard InChI is InChI=1S/C20H31N3O4.2CH2O2/c1-14-18(15(2)27-21-14)13-23-9-5-20(6-10-23)11-17(26-19(20)25)12-22-7-3-16(24)4-8-22;2*2-1-3/h16-17,24H,3-13H2,1-2H3;2*1H,(H,2,3). The van der Waals surface area contributed by atoms with Crippen LogP contribution in [0, 0.1) is 19.3 Å². The first-order valence-corrected chi connectivity index (χ1v) is 11.2. The van der Waals surface area contributed by atoms with Gasteiger partial charge in [0, 0.05) is 38.2 Å². The fraction of sp³-hybridized carbons (Fsp3) is 0.727. The molecule has 0 amide bonds. The van der Waals surface area contributed by atoms with Gasteiger partial charge in [-0.05, 0) is 52.6 Å². The Morgan fingerprint density at radius 3 is 2.15 bits per heavy atom. The van der Waals surface area contributed by atoms with Crippen molar-refractivity contribution in [3.8, 4) is 0 Å². The van der Waals surface area contributed by atoms with E-state index in [1.807, 2.05) is 13.8 Å². The smallest absolute Gasteiger partial charge is 0.312 e. The molecule has 3 N–H and O–H groups in total. The van der Waals surface area contributed by atoms with E-state index in [2.05, 4.69) is 15.0 Å². The molecule has 0 radical (unpaired) electrons. The predicted molar refractivity (Wildman–Crippen MR) is 116 cm³/mol. The summed E-state index contributed by atoms with van der Waals surface area (Å²) in [4.78, 5) is 34.1. The van der Waals surface area contributed by atoms with Crippen molar-refractivity contribution in [1.29, 1.82) is 0 Å². The molecule has 4 rings (SSSR count). The number of likely N-dealkylation sites (tertiary alicyclic amines) is 2. The van der Waals surface area contributed by atoms with Gasteiger partial charge in [0.15, 0.2) is 0 Å². The van der Waals surface area contributed by atoms with Gasteiger partial charge >= 0.3 is 5.97 Å². The molecule has 1 aromatic heterocycles. The van der Waals surface area contributed by atoms with Gasteiger partial charge in [-0.1, -0.05) is 5.16 Å². The van der Waals surface area contributed by atoms with Gasteiger partial charge in [0.25, 0.3) is 12.9 Å². The normalized spacial score (nSPS) is 23.1. The Kier molecular flexibility index (Phi) is 10.3. The molecular weight excluding hydrogens is 434 g/mol. The molecule has 1 spiro atoms. The van der Waals surface area contributed by atoms with Gasteiger partial charge in [-0.2, -0.15) is 0 Å². The van der Waals surface area contributed by atoms with Crippen molar-refractivity contribution in [1.82, 2.24) is 15.0 Å². The third kappa shape index (κ3) is 7.24. The third-order valence-corrected chi connectivity index (χ3v) is 6.72. The second kappa shape index (κ2) is 12.7. The molecule has 0 aromatic carbocycles. The van der Waals surface area contributed by atoms with Crippen LogP contribution >= 0.6 is 0 Å². The minimum atomic E-state index is -0.296. The van der Waals surface area contributed by atoms with Crippen LogP contribution in [0.3, 0.4) is 0 Å². The first-order valence-electron chi connectivity index (χ1n) is 11.2. The van der Waals surface area contributed by atoms with Crippen LogP contribution in [0.2, 0.25) is 0 Å². The first kappa shape index (κ1) is 26.7. The van der Waals surface area contributed by atoms with Crippen LogP contribution in [-0.2, 0) is 25.7 Å². The fourth-order valence-corrected chi connectivity index (χ4v) is 4.83. The van der Waals surface area contributed by atoms with Crippen LogP contribution in [-0.4, -0.2) is 94.1 Å². The lowest BCUT2D eigenvalue weighted by Crippen LogP contribution is -2.42. The summed E-state index contributed by atoms with van der Waals surface area (Å²) in [5.41, 5.74) is 1.83. The van der Waals surface area contributed by atoms with E-state index in [9.17, 15) is 9.90 Å². The number of aliphatic hydroxyl groups is 1. The Labute approximate surface area is 193 Å². The number of nitrogens with zero attached hydrogens (tertiary/aromatic N) is 3. The van der Waals surface area contributed by atoms with E-state index in [4.69, 9.17) is 29.1 Å². The van der Waals surface area contributed by atoms with E-state index >= 15 is 0 Å². The number of ether oxygens (including phenoxy) is 1. The highest BCUT2D eigenvalue weighted by Gasteiger charge is 2.50. The molecule has 186 valence electrons. The third-order valence-electron chi connectivity index (χ3n) is 6.72. The molecule has 1 aromatic rings. The second-order valence-electron chi connectivity index (χ2n) is 8.83. The zero-order valence-corrected chi connectivity index (χ0v) is 19.3. The molecule has 1 atom stereocenters. The topological polar surface area (TPSA) is 154 Å². The van der Waals surface area contributed by atoms with Crippen molar-refractivity contribution >= 4 is 18.9 Å². The zero-order chi connectivity index (χ0) is 24.4. The van der Waals surface area contributed by atoms with Crippen molar-refractivity contribution in [3.05, 3.63) is 17.0 Å². The summed E-state index contributed by atoms with van der Waals surface area (Å²) in [6.07, 6.45) is 4.05. The lowest BCUT2D eigenvalue weighted by molar-refractivity contribution is -0.151. The second-order valence-corrected chi connectivity index (χ2v) is 8.83. The summed E-state index contributed by atoms with van der Waals surface area (Å²) in [5, 5.41) is 27.5. The van der Waals surface area contributed by atoms with Gasteiger partial charge < -0.3 is 24.6 Å². The number of cyclic esters (lactones) is 1. The highest BCUT2D eigenvalue weighted by Crippen LogP contribution is 2.43. The summed E-state index contributed by atoms with van der Waals surface area (Å²) >= 11 is 0. The van der Waals surface area contributed by atoms with E-state index in [1.54, 1.807) is 0 Å². The lowest BCUT2D eigenvalue weighted by Gasteiger charge is -2.36. The minimum absolute atomic E-state index is 0.00142. The SMILES string of the molecule is Cc1noc(C)c1CN1CCC2(CC1)CC(CN1CCC(O)CC1)OC2=O.O=CO.O=CO. The minimum Gasteiger partial charge on any atom is -0.483 e. The number of carboxylic acid groups (broad SMARTS) is 2. The molecular formula is C22H35N3O8. The van der Waals surface area contributed by atoms with Crippen LogP contribution in [0.1, 0.15) is 49.1 Å². The highest BCUT2D eigenvalue weighted by molar-refractivity contribution is 5.79. The van der Waals surface area contributed by atoms with Gasteiger partial charge in [-0.25, -0.2) is 0 Å². The van der Waals surface area contributed by atoms with Gasteiger partial charge in [0.2, 0.25) is 0 Å². The van der Waals surface area contributed by atoms with Crippen molar-refractivity contribution in [2.75, 3.05) is 32.7 Å².